The summed E-state index contributed by atoms with van der Waals surface area (Å²) >= 11 is 0. The first kappa shape index (κ1) is 114. The molecule has 0 atom stereocenters. The molecule has 0 bridgehead atoms. The van der Waals surface area contributed by atoms with Crippen LogP contribution in [0.4, 0.5) is 0 Å². The Bertz CT molecular complexity index is 39.6. The summed E-state index contributed by atoms with van der Waals surface area (Å²) in [5, 5.41) is 12.5. The predicted molar refractivity (Wildman–Crippen MR) is 45.0 cm³/mol. The Morgan fingerprint density at radius 1 is 0.545 bits per heavy atom. The van der Waals surface area contributed by atoms with Crippen LogP contribution in [-0.2, 0) is 109 Å². The molecule has 0 fully saturated rings. The van der Waals surface area contributed by atoms with Crippen LogP contribution in [0.5, 0.6) is 0 Å². The van der Waals surface area contributed by atoms with Gasteiger partial charge in [0.15, 0.2) is 0 Å². The zero-order valence-corrected chi connectivity index (χ0v) is 13.1. The molecule has 0 radical (unpaired) electrons. The zero-order chi connectivity index (χ0) is 4.00. The minimum absolute atomic E-state index is 0. The minimum Gasteiger partial charge on any atom is -0.813 e. The summed E-state index contributed by atoms with van der Waals surface area (Å²) in [4.78, 5) is 0. The summed E-state index contributed by atoms with van der Waals surface area (Å²) in [5.74, 6) is 0. The maximum Gasteiger partial charge on any atom is 2.00 e. The summed E-state index contributed by atoms with van der Waals surface area (Å²) in [6.45, 7) is 9.50. The Labute approximate surface area is 131 Å². The van der Waals surface area contributed by atoms with Gasteiger partial charge in [-0.1, -0.05) is 0 Å². The zero-order valence-electron chi connectivity index (χ0n) is 4.69. The van der Waals surface area contributed by atoms with E-state index in [0.717, 1.165) is 0 Å². The standard InChI is InChI=1S/2CN.2Cu.4H2S.W/c2*1-2;;;;;;;/h;;;;4*1H2;/q2*-1;2*+1;;;;;+2/p-4. The van der Waals surface area contributed by atoms with Crippen LogP contribution in [0.25, 0.3) is 0 Å². The molecule has 0 aromatic heterocycles. The van der Waals surface area contributed by atoms with Gasteiger partial charge in [-0.05, 0) is 0 Å². The first-order valence-corrected chi connectivity index (χ1v) is 0.447. The van der Waals surface area contributed by atoms with Gasteiger partial charge in [0, 0.05) is 0 Å². The van der Waals surface area contributed by atoms with Crippen LogP contribution in [0.15, 0.2) is 0 Å². The van der Waals surface area contributed by atoms with Crippen LogP contribution < -0.4 is 0 Å². The molecule has 2 nitrogen and oxygen atoms in total. The number of hydrogen-bond acceptors (Lipinski definition) is 6. The molecule has 0 saturated carbocycles. The van der Waals surface area contributed by atoms with E-state index in [0.29, 0.717) is 0 Å². The van der Waals surface area contributed by atoms with Crippen molar-refractivity contribution in [2.75, 3.05) is 0 Å². The van der Waals surface area contributed by atoms with Gasteiger partial charge in [-0.25, -0.2) is 0 Å². The van der Waals surface area contributed by atoms with E-state index in [1.807, 2.05) is 0 Å². The summed E-state index contributed by atoms with van der Waals surface area (Å²) in [6.07, 6.45) is 0. The fourth-order valence-corrected chi connectivity index (χ4v) is 0. The van der Waals surface area contributed by atoms with Crippen molar-refractivity contribution in [2.24, 2.45) is 0 Å². The summed E-state index contributed by atoms with van der Waals surface area (Å²) in [5.41, 5.74) is 0. The molecule has 0 aromatic carbocycles. The van der Waals surface area contributed by atoms with E-state index >= 15 is 0 Å². The Morgan fingerprint density at radius 3 is 0.545 bits per heavy atom. The molecule has 0 aliphatic rings. The fraction of sp³-hybridized carbons (Fsp3) is 0. The molecule has 0 aromatic rings. The first-order chi connectivity index (χ1) is 2.00. The van der Waals surface area contributed by atoms with Crippen LogP contribution in [0.1, 0.15) is 0 Å². The topological polar surface area (TPSA) is 47.6 Å². The van der Waals surface area contributed by atoms with Gasteiger partial charge in [-0.3, -0.25) is 0 Å². The second-order valence-electron chi connectivity index (χ2n) is 0. The fourth-order valence-electron chi connectivity index (χ4n) is 0. The molecular formula is C2H4Cu2N2S4W-2. The molecule has 0 N–H and O–H groups in total. The van der Waals surface area contributed by atoms with Gasteiger partial charge in [0.05, 0.1) is 0 Å². The third kappa shape index (κ3) is 279. The molecule has 0 rings (SSSR count). The first-order valence-electron chi connectivity index (χ1n) is 0.447. The number of nitrogens with zero attached hydrogens (tertiary/aromatic N) is 2. The van der Waals surface area contributed by atoms with Crippen molar-refractivity contribution >= 4 is 54.0 Å². The average molecular weight is 495 g/mol. The maximum atomic E-state index is 6.25. The Hall–Kier alpha value is 2.11. The third-order valence-corrected chi connectivity index (χ3v) is 0. The van der Waals surface area contributed by atoms with Gasteiger partial charge < -0.3 is 77.7 Å². The molecule has 76 valence electrons. The van der Waals surface area contributed by atoms with E-state index < -0.39 is 0 Å². The van der Waals surface area contributed by atoms with Crippen molar-refractivity contribution in [3.63, 3.8) is 0 Å². The van der Waals surface area contributed by atoms with Crippen molar-refractivity contribution in [3.8, 4) is 0 Å². The van der Waals surface area contributed by atoms with E-state index in [1.165, 1.54) is 0 Å². The van der Waals surface area contributed by atoms with Crippen molar-refractivity contribution in [1.29, 1.82) is 10.5 Å². The number of thiol groups is 4. The van der Waals surface area contributed by atoms with E-state index in [-0.39, 0.29) is 109 Å². The van der Waals surface area contributed by atoms with E-state index in [9.17, 15) is 0 Å². The minimum atomic E-state index is 0. The quantitative estimate of drug-likeness (QED) is 0.188. The van der Waals surface area contributed by atoms with Crippen LogP contribution in [0.2, 0.25) is 0 Å². The van der Waals surface area contributed by atoms with Crippen molar-refractivity contribution in [3.05, 3.63) is 13.1 Å². The smallest absolute Gasteiger partial charge is 0.813 e. The van der Waals surface area contributed by atoms with Crippen molar-refractivity contribution in [2.45, 2.75) is 0 Å². The van der Waals surface area contributed by atoms with Crippen molar-refractivity contribution < 1.29 is 55.2 Å². The molecule has 0 aliphatic carbocycles. The molecule has 0 unspecified atom stereocenters. The molecule has 0 amide bonds. The normalized spacial score (nSPS) is 0.364. The molecule has 0 heterocycles. The average Bonchev–Trinajstić information content (AvgIpc) is 1.50. The Kier molecular flexibility index (Phi) is 3480. The van der Waals surface area contributed by atoms with E-state index in [4.69, 9.17) is 23.7 Å². The van der Waals surface area contributed by atoms with Crippen LogP contribution >= 0.6 is 0 Å². The second kappa shape index (κ2) is 336. The molecular weight excluding hydrogens is 491 g/mol. The largest absolute Gasteiger partial charge is 2.00 e. The van der Waals surface area contributed by atoms with Crippen LogP contribution in [0, 0.1) is 23.7 Å². The Morgan fingerprint density at radius 2 is 0.545 bits per heavy atom. The van der Waals surface area contributed by atoms with E-state index in [2.05, 4.69) is 0 Å². The van der Waals surface area contributed by atoms with Gasteiger partial charge in [0.25, 0.3) is 0 Å². The predicted octanol–water partition coefficient (Wildman–Crippen LogP) is -0.895. The maximum absolute atomic E-state index is 6.25. The second-order valence-corrected chi connectivity index (χ2v) is 0. The van der Waals surface area contributed by atoms with Crippen molar-refractivity contribution in [1.82, 2.24) is 0 Å². The van der Waals surface area contributed by atoms with Gasteiger partial charge in [0.1, 0.15) is 0 Å². The van der Waals surface area contributed by atoms with Gasteiger partial charge in [-0.2, -0.15) is 0 Å². The van der Waals surface area contributed by atoms with Gasteiger partial charge in [-0.15, -0.1) is 0 Å². The van der Waals surface area contributed by atoms with E-state index in [1.54, 1.807) is 0 Å². The molecule has 11 heavy (non-hydrogen) atoms. The summed E-state index contributed by atoms with van der Waals surface area (Å²) < 4.78 is 0. The van der Waals surface area contributed by atoms with Gasteiger partial charge in [0.2, 0.25) is 0 Å². The van der Waals surface area contributed by atoms with Crippen LogP contribution in [-0.4, -0.2) is 0 Å². The summed E-state index contributed by atoms with van der Waals surface area (Å²) in [7, 11) is 0. The monoisotopic (exact) mass is 494 g/mol. The molecule has 9 heteroatoms. The number of hydrogen-bond donors (Lipinski definition) is 0. The SMILES string of the molecule is [C-]#N.[C-]#N.[Cu+].[Cu+].[SH-].[SH-].[SH-].[SH-].[W+2]. The Balaban J connectivity index is -0.000000000635. The molecule has 0 saturated heterocycles. The molecule has 0 spiro atoms. The van der Waals surface area contributed by atoms with Gasteiger partial charge >= 0.3 is 55.2 Å². The third-order valence-electron chi connectivity index (χ3n) is 0. The summed E-state index contributed by atoms with van der Waals surface area (Å²) in [6, 6.07) is 0. The number of rotatable bonds is 0. The van der Waals surface area contributed by atoms with Crippen LogP contribution in [0.3, 0.4) is 0 Å². The molecule has 0 aliphatic heterocycles.